The molecule has 140 valence electrons. The Labute approximate surface area is 168 Å². The summed E-state index contributed by atoms with van der Waals surface area (Å²) in [6.07, 6.45) is 0.458. The van der Waals surface area contributed by atoms with Crippen LogP contribution in [0, 0.1) is 11.8 Å². The standard InChI is InChI=1S/C23H19NO3S/c1-2-22(25)18-9-11-20(12-10-18)27-16-23(26)24-19-6-3-5-17(15-19)8-13-21-7-4-14-28-21/h3-7,9-12,14-15H,2,16H2,1H3,(H,24,26). The zero-order valence-electron chi connectivity index (χ0n) is 15.4. The van der Waals surface area contributed by atoms with E-state index in [0.717, 1.165) is 10.4 Å². The molecule has 1 N–H and O–H groups in total. The number of anilines is 1. The van der Waals surface area contributed by atoms with Crippen molar-refractivity contribution >= 4 is 28.7 Å². The molecular formula is C23H19NO3S. The van der Waals surface area contributed by atoms with Gasteiger partial charge in [0.05, 0.1) is 4.88 Å². The molecule has 0 saturated carbocycles. The van der Waals surface area contributed by atoms with Gasteiger partial charge in [0, 0.05) is 23.2 Å². The Morgan fingerprint density at radius 1 is 1.04 bits per heavy atom. The fourth-order valence-electron chi connectivity index (χ4n) is 2.45. The molecule has 1 heterocycles. The number of hydrogen-bond acceptors (Lipinski definition) is 4. The average molecular weight is 389 g/mol. The molecular weight excluding hydrogens is 370 g/mol. The van der Waals surface area contributed by atoms with E-state index in [1.54, 1.807) is 41.7 Å². The predicted molar refractivity (Wildman–Crippen MR) is 112 cm³/mol. The molecule has 0 atom stereocenters. The van der Waals surface area contributed by atoms with E-state index in [1.807, 2.05) is 42.6 Å². The largest absolute Gasteiger partial charge is 0.484 e. The van der Waals surface area contributed by atoms with Gasteiger partial charge in [-0.3, -0.25) is 9.59 Å². The third-order valence-corrected chi connectivity index (χ3v) is 4.65. The second-order valence-corrected chi connectivity index (χ2v) is 6.89. The molecule has 0 saturated heterocycles. The van der Waals surface area contributed by atoms with Gasteiger partial charge in [-0.2, -0.15) is 0 Å². The number of carbonyl (C=O) groups excluding carboxylic acids is 2. The van der Waals surface area contributed by atoms with Crippen molar-refractivity contribution in [1.29, 1.82) is 0 Å². The van der Waals surface area contributed by atoms with Crippen LogP contribution in [0.15, 0.2) is 66.0 Å². The van der Waals surface area contributed by atoms with Gasteiger partial charge in [-0.25, -0.2) is 0 Å². The van der Waals surface area contributed by atoms with E-state index >= 15 is 0 Å². The number of ether oxygens (including phenoxy) is 1. The maximum Gasteiger partial charge on any atom is 0.262 e. The summed E-state index contributed by atoms with van der Waals surface area (Å²) in [5.41, 5.74) is 2.12. The lowest BCUT2D eigenvalue weighted by Crippen LogP contribution is -2.20. The molecule has 0 fully saturated rings. The summed E-state index contributed by atoms with van der Waals surface area (Å²) in [6.45, 7) is 1.70. The molecule has 5 heteroatoms. The van der Waals surface area contributed by atoms with Gasteiger partial charge in [0.25, 0.3) is 5.91 Å². The number of nitrogens with one attached hydrogen (secondary N) is 1. The summed E-state index contributed by atoms with van der Waals surface area (Å²) < 4.78 is 5.49. The minimum Gasteiger partial charge on any atom is -0.484 e. The first kappa shape index (κ1) is 19.4. The van der Waals surface area contributed by atoms with Crippen LogP contribution in [0.3, 0.4) is 0 Å². The van der Waals surface area contributed by atoms with Crippen molar-refractivity contribution in [3.05, 3.63) is 82.0 Å². The summed E-state index contributed by atoms with van der Waals surface area (Å²) in [6, 6.07) is 18.1. The van der Waals surface area contributed by atoms with Crippen molar-refractivity contribution < 1.29 is 14.3 Å². The number of amides is 1. The van der Waals surface area contributed by atoms with E-state index < -0.39 is 0 Å². The molecule has 0 aliphatic heterocycles. The van der Waals surface area contributed by atoms with Crippen molar-refractivity contribution in [1.82, 2.24) is 0 Å². The van der Waals surface area contributed by atoms with E-state index in [-0.39, 0.29) is 18.3 Å². The van der Waals surface area contributed by atoms with Gasteiger partial charge in [-0.05, 0) is 53.9 Å². The van der Waals surface area contributed by atoms with Crippen molar-refractivity contribution in [2.24, 2.45) is 0 Å². The Morgan fingerprint density at radius 2 is 1.86 bits per heavy atom. The van der Waals surface area contributed by atoms with Crippen molar-refractivity contribution in [2.75, 3.05) is 11.9 Å². The summed E-state index contributed by atoms with van der Waals surface area (Å²) in [5, 5.41) is 4.78. The monoisotopic (exact) mass is 389 g/mol. The SMILES string of the molecule is CCC(=O)c1ccc(OCC(=O)Nc2cccc(C#Cc3cccs3)c2)cc1. The van der Waals surface area contributed by atoms with Gasteiger partial charge in [0.1, 0.15) is 5.75 Å². The maximum absolute atomic E-state index is 12.1. The topological polar surface area (TPSA) is 55.4 Å². The van der Waals surface area contributed by atoms with Gasteiger partial charge >= 0.3 is 0 Å². The van der Waals surface area contributed by atoms with Gasteiger partial charge in [-0.15, -0.1) is 11.3 Å². The van der Waals surface area contributed by atoms with Gasteiger partial charge in [0.15, 0.2) is 12.4 Å². The van der Waals surface area contributed by atoms with E-state index in [4.69, 9.17) is 4.74 Å². The summed E-state index contributed by atoms with van der Waals surface area (Å²) in [5.74, 6) is 6.53. The molecule has 0 unspecified atom stereocenters. The van der Waals surface area contributed by atoms with Crippen LogP contribution in [0.25, 0.3) is 0 Å². The lowest BCUT2D eigenvalue weighted by atomic mass is 10.1. The van der Waals surface area contributed by atoms with Crippen LogP contribution in [0.4, 0.5) is 5.69 Å². The van der Waals surface area contributed by atoms with Crippen LogP contribution in [0.1, 0.15) is 34.1 Å². The quantitative estimate of drug-likeness (QED) is 0.489. The molecule has 0 bridgehead atoms. The molecule has 2 aromatic carbocycles. The van der Waals surface area contributed by atoms with Gasteiger partial charge < -0.3 is 10.1 Å². The Bertz CT molecular complexity index is 1010. The number of ketones is 1. The van der Waals surface area contributed by atoms with Crippen LogP contribution in [0.2, 0.25) is 0 Å². The van der Waals surface area contributed by atoms with Crippen LogP contribution < -0.4 is 10.1 Å². The average Bonchev–Trinajstić information content (AvgIpc) is 3.24. The molecule has 3 aromatic rings. The van der Waals surface area contributed by atoms with Crippen molar-refractivity contribution in [3.8, 4) is 17.6 Å². The van der Waals surface area contributed by atoms with Crippen molar-refractivity contribution in [3.63, 3.8) is 0 Å². The third kappa shape index (κ3) is 5.57. The molecule has 3 rings (SSSR count). The number of thiophene rings is 1. The summed E-state index contributed by atoms with van der Waals surface area (Å²) in [4.78, 5) is 24.8. The minimum absolute atomic E-state index is 0.0753. The second-order valence-electron chi connectivity index (χ2n) is 5.95. The third-order valence-electron chi connectivity index (χ3n) is 3.86. The predicted octanol–water partition coefficient (Wildman–Crippen LogP) is 4.76. The molecule has 0 aliphatic carbocycles. The fourth-order valence-corrected chi connectivity index (χ4v) is 3.02. The fraction of sp³-hybridized carbons (Fsp3) is 0.130. The molecule has 4 nitrogen and oxygen atoms in total. The summed E-state index contributed by atoms with van der Waals surface area (Å²) in [7, 11) is 0. The van der Waals surface area contributed by atoms with Crippen LogP contribution >= 0.6 is 11.3 Å². The molecule has 1 aromatic heterocycles. The minimum atomic E-state index is -0.267. The van der Waals surface area contributed by atoms with E-state index in [2.05, 4.69) is 17.2 Å². The smallest absolute Gasteiger partial charge is 0.262 e. The number of benzene rings is 2. The van der Waals surface area contributed by atoms with Crippen molar-refractivity contribution in [2.45, 2.75) is 13.3 Å². The highest BCUT2D eigenvalue weighted by molar-refractivity contribution is 7.10. The highest BCUT2D eigenvalue weighted by atomic mass is 32.1. The van der Waals surface area contributed by atoms with E-state index in [1.165, 1.54) is 0 Å². The molecule has 0 aliphatic rings. The van der Waals surface area contributed by atoms with E-state index in [0.29, 0.717) is 23.4 Å². The second kappa shape index (κ2) is 9.54. The molecule has 0 radical (unpaired) electrons. The van der Waals surface area contributed by atoms with Gasteiger partial charge in [-0.1, -0.05) is 30.9 Å². The van der Waals surface area contributed by atoms with E-state index in [9.17, 15) is 9.59 Å². The first-order valence-corrected chi connectivity index (χ1v) is 9.73. The van der Waals surface area contributed by atoms with Gasteiger partial charge in [0.2, 0.25) is 0 Å². The number of hydrogen-bond donors (Lipinski definition) is 1. The molecule has 28 heavy (non-hydrogen) atoms. The van der Waals surface area contributed by atoms with Crippen LogP contribution in [-0.4, -0.2) is 18.3 Å². The Morgan fingerprint density at radius 3 is 2.57 bits per heavy atom. The zero-order chi connectivity index (χ0) is 19.8. The molecule has 0 spiro atoms. The lowest BCUT2D eigenvalue weighted by Gasteiger charge is -2.08. The number of carbonyl (C=O) groups is 2. The Kier molecular flexibility index (Phi) is 6.61. The molecule has 1 amide bonds. The highest BCUT2D eigenvalue weighted by Crippen LogP contribution is 2.14. The maximum atomic E-state index is 12.1. The zero-order valence-corrected chi connectivity index (χ0v) is 16.2. The summed E-state index contributed by atoms with van der Waals surface area (Å²) >= 11 is 1.59. The number of rotatable bonds is 6. The van der Waals surface area contributed by atoms with Crippen LogP contribution in [-0.2, 0) is 4.79 Å². The lowest BCUT2D eigenvalue weighted by molar-refractivity contribution is -0.118. The normalized spacial score (nSPS) is 9.89. The first-order chi connectivity index (χ1) is 13.6. The Balaban J connectivity index is 1.55. The highest BCUT2D eigenvalue weighted by Gasteiger charge is 2.06. The number of Topliss-reactive ketones (excluding diaryl/α,β-unsaturated/α-hetero) is 1. The van der Waals surface area contributed by atoms with Crippen LogP contribution in [0.5, 0.6) is 5.75 Å². The Hall–Kier alpha value is -3.36. The first-order valence-electron chi connectivity index (χ1n) is 8.85.